The molecule has 5 heteroatoms. The number of amides is 2. The molecule has 1 saturated heterocycles. The van der Waals surface area contributed by atoms with Crippen LogP contribution < -0.4 is 0 Å². The third kappa shape index (κ3) is 1.24. The van der Waals surface area contributed by atoms with Gasteiger partial charge in [-0.3, -0.25) is 14.5 Å². The number of piperidine rings is 1. The molecule has 0 spiro atoms. The number of likely N-dealkylation sites (tertiary alicyclic amines) is 1. The van der Waals surface area contributed by atoms with E-state index in [1.165, 1.54) is 4.90 Å². The molecule has 3 atom stereocenters. The van der Waals surface area contributed by atoms with E-state index in [2.05, 4.69) is 9.97 Å². The van der Waals surface area contributed by atoms with Crippen LogP contribution in [0.4, 0.5) is 0 Å². The Hall–Kier alpha value is -1.65. The summed E-state index contributed by atoms with van der Waals surface area (Å²) in [6.45, 7) is 5.94. The largest absolute Gasteiger partial charge is 0.347 e. The number of imidazole rings is 1. The van der Waals surface area contributed by atoms with Gasteiger partial charge in [0, 0.05) is 12.4 Å². The van der Waals surface area contributed by atoms with Crippen LogP contribution in [0, 0.1) is 17.3 Å². The maximum atomic E-state index is 12.3. The van der Waals surface area contributed by atoms with E-state index in [1.807, 2.05) is 20.8 Å². The first-order valence-corrected chi connectivity index (χ1v) is 6.36. The lowest BCUT2D eigenvalue weighted by atomic mass is 10.0. The average Bonchev–Trinajstić information content (AvgIpc) is 2.73. The van der Waals surface area contributed by atoms with Crippen molar-refractivity contribution in [1.29, 1.82) is 0 Å². The normalized spacial score (nSPS) is 30.5. The monoisotopic (exact) mass is 247 g/mol. The van der Waals surface area contributed by atoms with Crippen molar-refractivity contribution < 1.29 is 9.59 Å². The lowest BCUT2D eigenvalue weighted by molar-refractivity contribution is -0.146. The number of hydrogen-bond donors (Lipinski definition) is 1. The van der Waals surface area contributed by atoms with Gasteiger partial charge in [-0.2, -0.15) is 0 Å². The van der Waals surface area contributed by atoms with Gasteiger partial charge in [-0.1, -0.05) is 20.8 Å². The number of carbonyl (C=O) groups excluding carboxylic acids is 2. The van der Waals surface area contributed by atoms with Crippen LogP contribution in [-0.4, -0.2) is 26.7 Å². The van der Waals surface area contributed by atoms with E-state index in [1.54, 1.807) is 12.4 Å². The van der Waals surface area contributed by atoms with Crippen LogP contribution in [-0.2, 0) is 9.59 Å². The van der Waals surface area contributed by atoms with Crippen LogP contribution in [0.2, 0.25) is 0 Å². The highest BCUT2D eigenvalue weighted by atomic mass is 16.2. The first kappa shape index (κ1) is 11.4. The van der Waals surface area contributed by atoms with Crippen molar-refractivity contribution in [3.8, 4) is 0 Å². The van der Waals surface area contributed by atoms with Gasteiger partial charge in [0.25, 0.3) is 0 Å². The molecule has 96 valence electrons. The fourth-order valence-electron chi connectivity index (χ4n) is 3.23. The molecule has 1 aliphatic carbocycles. The zero-order valence-corrected chi connectivity index (χ0v) is 10.8. The topological polar surface area (TPSA) is 66.1 Å². The molecule has 2 heterocycles. The Bertz CT molecular complexity index is 482. The maximum absolute atomic E-state index is 12.3. The molecule has 18 heavy (non-hydrogen) atoms. The SMILES string of the molecule is CCC(c1ncc[nH]1)N1C(=O)C2C(C1=O)C2(C)C. The summed E-state index contributed by atoms with van der Waals surface area (Å²) in [5.74, 6) is 0.401. The molecule has 0 aromatic carbocycles. The van der Waals surface area contributed by atoms with Crippen LogP contribution in [0.3, 0.4) is 0 Å². The number of nitrogens with zero attached hydrogens (tertiary/aromatic N) is 2. The van der Waals surface area contributed by atoms with Crippen LogP contribution in [0.5, 0.6) is 0 Å². The summed E-state index contributed by atoms with van der Waals surface area (Å²) in [5, 5.41) is 0. The first-order valence-electron chi connectivity index (χ1n) is 6.36. The highest BCUT2D eigenvalue weighted by Crippen LogP contribution is 2.64. The molecule has 2 fully saturated rings. The summed E-state index contributed by atoms with van der Waals surface area (Å²) >= 11 is 0. The molecule has 3 unspecified atom stereocenters. The summed E-state index contributed by atoms with van der Waals surface area (Å²) < 4.78 is 0. The zero-order valence-electron chi connectivity index (χ0n) is 10.8. The van der Waals surface area contributed by atoms with Crippen molar-refractivity contribution in [2.24, 2.45) is 17.3 Å². The summed E-state index contributed by atoms with van der Waals surface area (Å²) in [6.07, 6.45) is 4.05. The number of fused-ring (bicyclic) bond motifs is 1. The van der Waals surface area contributed by atoms with Gasteiger partial charge in [0.1, 0.15) is 5.82 Å². The predicted molar refractivity (Wildman–Crippen MR) is 64.2 cm³/mol. The lowest BCUT2D eigenvalue weighted by Crippen LogP contribution is -2.39. The van der Waals surface area contributed by atoms with E-state index in [4.69, 9.17) is 0 Å². The highest BCUT2D eigenvalue weighted by Gasteiger charge is 2.73. The van der Waals surface area contributed by atoms with Crippen LogP contribution in [0.1, 0.15) is 39.1 Å². The smallest absolute Gasteiger partial charge is 0.234 e. The lowest BCUT2D eigenvalue weighted by Gasteiger charge is -2.27. The third-order valence-electron chi connectivity index (χ3n) is 4.37. The minimum atomic E-state index is -0.247. The fraction of sp³-hybridized carbons (Fsp3) is 0.615. The van der Waals surface area contributed by atoms with Crippen molar-refractivity contribution in [1.82, 2.24) is 14.9 Å². The first-order chi connectivity index (χ1) is 8.50. The maximum Gasteiger partial charge on any atom is 0.234 e. The van der Waals surface area contributed by atoms with E-state index >= 15 is 0 Å². The Kier molecular flexibility index (Phi) is 2.18. The van der Waals surface area contributed by atoms with Crippen LogP contribution in [0.15, 0.2) is 12.4 Å². The third-order valence-corrected chi connectivity index (χ3v) is 4.37. The second-order valence-electron chi connectivity index (χ2n) is 5.72. The average molecular weight is 247 g/mol. The van der Waals surface area contributed by atoms with Gasteiger partial charge >= 0.3 is 0 Å². The Labute approximate surface area is 106 Å². The summed E-state index contributed by atoms with van der Waals surface area (Å²) in [7, 11) is 0. The van der Waals surface area contributed by atoms with Gasteiger partial charge < -0.3 is 4.98 Å². The molecule has 0 radical (unpaired) electrons. The predicted octanol–water partition coefficient (Wildman–Crippen LogP) is 1.50. The number of carbonyl (C=O) groups is 2. The molecular formula is C13H17N3O2. The molecule has 1 aliphatic heterocycles. The molecule has 0 bridgehead atoms. The number of imide groups is 1. The molecule has 1 N–H and O–H groups in total. The van der Waals surface area contributed by atoms with Gasteiger partial charge in [0.15, 0.2) is 0 Å². The number of nitrogens with one attached hydrogen (secondary N) is 1. The van der Waals surface area contributed by atoms with E-state index in [9.17, 15) is 9.59 Å². The summed E-state index contributed by atoms with van der Waals surface area (Å²) in [4.78, 5) is 33.3. The molecule has 1 aromatic rings. The zero-order chi connectivity index (χ0) is 13.1. The molecule has 2 amide bonds. The second kappa shape index (κ2) is 3.43. The van der Waals surface area contributed by atoms with Gasteiger partial charge in [0.2, 0.25) is 11.8 Å². The number of H-pyrrole nitrogens is 1. The molecule has 3 rings (SSSR count). The van der Waals surface area contributed by atoms with Gasteiger partial charge in [-0.15, -0.1) is 0 Å². The van der Waals surface area contributed by atoms with Crippen molar-refractivity contribution in [3.63, 3.8) is 0 Å². The van der Waals surface area contributed by atoms with Crippen molar-refractivity contribution in [2.75, 3.05) is 0 Å². The highest BCUT2D eigenvalue weighted by molar-refractivity contribution is 6.10. The molecule has 1 aromatic heterocycles. The number of aromatic amines is 1. The van der Waals surface area contributed by atoms with Crippen LogP contribution in [0.25, 0.3) is 0 Å². The van der Waals surface area contributed by atoms with Gasteiger partial charge in [0.05, 0.1) is 17.9 Å². The van der Waals surface area contributed by atoms with E-state index < -0.39 is 0 Å². The number of rotatable bonds is 3. The second-order valence-corrected chi connectivity index (χ2v) is 5.72. The van der Waals surface area contributed by atoms with E-state index in [0.29, 0.717) is 12.2 Å². The Morgan fingerprint density at radius 1 is 1.39 bits per heavy atom. The quantitative estimate of drug-likeness (QED) is 0.823. The molecular weight excluding hydrogens is 230 g/mol. The minimum absolute atomic E-state index is 0.0294. The molecule has 1 saturated carbocycles. The minimum Gasteiger partial charge on any atom is -0.347 e. The fourth-order valence-corrected chi connectivity index (χ4v) is 3.23. The number of aromatic nitrogens is 2. The molecule has 2 aliphatic rings. The van der Waals surface area contributed by atoms with E-state index in [0.717, 1.165) is 0 Å². The summed E-state index contributed by atoms with van der Waals surface area (Å²) in [6, 6.07) is -0.247. The Morgan fingerprint density at radius 2 is 2.00 bits per heavy atom. The summed E-state index contributed by atoms with van der Waals surface area (Å²) in [5.41, 5.74) is -0.147. The van der Waals surface area contributed by atoms with Crippen molar-refractivity contribution >= 4 is 11.8 Å². The van der Waals surface area contributed by atoms with Crippen molar-refractivity contribution in [2.45, 2.75) is 33.2 Å². The van der Waals surface area contributed by atoms with Gasteiger partial charge in [-0.25, -0.2) is 4.98 Å². The standard InChI is InChI=1S/C13H17N3O2/c1-4-7(10-14-5-6-15-10)16-11(17)8-9(12(16)18)13(8,2)3/h5-9H,4H2,1-3H3,(H,14,15). The Balaban J connectivity index is 1.91. The number of hydrogen-bond acceptors (Lipinski definition) is 3. The molecule has 5 nitrogen and oxygen atoms in total. The van der Waals surface area contributed by atoms with E-state index in [-0.39, 0.29) is 35.1 Å². The Morgan fingerprint density at radius 3 is 2.44 bits per heavy atom. The van der Waals surface area contributed by atoms with Gasteiger partial charge in [-0.05, 0) is 11.8 Å². The van der Waals surface area contributed by atoms with Crippen LogP contribution >= 0.6 is 0 Å². The van der Waals surface area contributed by atoms with Crippen molar-refractivity contribution in [3.05, 3.63) is 18.2 Å².